The molecule has 0 aliphatic heterocycles. The summed E-state index contributed by atoms with van der Waals surface area (Å²) in [6, 6.07) is 10.8. The van der Waals surface area contributed by atoms with E-state index < -0.39 is 17.6 Å². The number of ketones is 1. The van der Waals surface area contributed by atoms with Gasteiger partial charge < -0.3 is 5.32 Å². The van der Waals surface area contributed by atoms with Crippen molar-refractivity contribution in [2.45, 2.75) is 13.1 Å². The smallest absolute Gasteiger partial charge is 0.341 e. The SMILES string of the molecule is CC(=O)c1ccc(C#CCNC(=O)c2cccc(C(F)(F)F)c2)cc1. The zero-order valence-corrected chi connectivity index (χ0v) is 13.3. The van der Waals surface area contributed by atoms with Crippen molar-refractivity contribution in [3.05, 3.63) is 70.8 Å². The second kappa shape index (κ2) is 7.67. The minimum atomic E-state index is -4.50. The van der Waals surface area contributed by atoms with Crippen molar-refractivity contribution in [3.63, 3.8) is 0 Å². The number of Topliss-reactive ketones (excluding diaryl/α,β-unsaturated/α-hetero) is 1. The predicted molar refractivity (Wildman–Crippen MR) is 87.1 cm³/mol. The molecule has 0 aliphatic rings. The van der Waals surface area contributed by atoms with Gasteiger partial charge in [-0.05, 0) is 37.3 Å². The normalized spacial score (nSPS) is 10.6. The Balaban J connectivity index is 1.96. The van der Waals surface area contributed by atoms with Crippen molar-refractivity contribution in [2.24, 2.45) is 0 Å². The van der Waals surface area contributed by atoms with Crippen molar-refractivity contribution < 1.29 is 22.8 Å². The van der Waals surface area contributed by atoms with Crippen LogP contribution >= 0.6 is 0 Å². The first-order valence-electron chi connectivity index (χ1n) is 7.33. The molecule has 0 saturated carbocycles. The average molecular weight is 345 g/mol. The highest BCUT2D eigenvalue weighted by Crippen LogP contribution is 2.29. The summed E-state index contributed by atoms with van der Waals surface area (Å²) in [6.45, 7) is 1.45. The summed E-state index contributed by atoms with van der Waals surface area (Å²) in [5.41, 5.74) is 0.279. The zero-order chi connectivity index (χ0) is 18.4. The van der Waals surface area contributed by atoms with Gasteiger partial charge in [0.2, 0.25) is 0 Å². The van der Waals surface area contributed by atoms with E-state index in [-0.39, 0.29) is 17.9 Å². The largest absolute Gasteiger partial charge is 0.416 e. The number of hydrogen-bond acceptors (Lipinski definition) is 2. The first-order chi connectivity index (χ1) is 11.8. The third-order valence-corrected chi connectivity index (χ3v) is 3.31. The zero-order valence-electron chi connectivity index (χ0n) is 13.3. The molecule has 0 saturated heterocycles. The van der Waals surface area contributed by atoms with Crippen molar-refractivity contribution >= 4 is 11.7 Å². The maximum atomic E-state index is 12.6. The topological polar surface area (TPSA) is 46.2 Å². The molecule has 1 N–H and O–H groups in total. The first kappa shape index (κ1) is 18.3. The lowest BCUT2D eigenvalue weighted by Gasteiger charge is -2.08. The van der Waals surface area contributed by atoms with E-state index in [4.69, 9.17) is 0 Å². The van der Waals surface area contributed by atoms with Crippen LogP contribution in [0.4, 0.5) is 13.2 Å². The second-order valence-electron chi connectivity index (χ2n) is 5.20. The maximum absolute atomic E-state index is 12.6. The molecule has 2 rings (SSSR count). The highest BCUT2D eigenvalue weighted by Gasteiger charge is 2.30. The van der Waals surface area contributed by atoms with E-state index in [0.717, 1.165) is 12.1 Å². The molecule has 0 aromatic heterocycles. The molecule has 1 amide bonds. The Morgan fingerprint density at radius 1 is 1.04 bits per heavy atom. The third-order valence-electron chi connectivity index (χ3n) is 3.31. The van der Waals surface area contributed by atoms with Crippen LogP contribution < -0.4 is 5.32 Å². The molecule has 0 bridgehead atoms. The van der Waals surface area contributed by atoms with Crippen LogP contribution in [0.5, 0.6) is 0 Å². The summed E-state index contributed by atoms with van der Waals surface area (Å²) in [6.07, 6.45) is -4.50. The first-order valence-corrected chi connectivity index (χ1v) is 7.33. The summed E-state index contributed by atoms with van der Waals surface area (Å²) in [7, 11) is 0. The fourth-order valence-electron chi connectivity index (χ4n) is 2.00. The number of benzene rings is 2. The lowest BCUT2D eigenvalue weighted by atomic mass is 10.1. The standard InChI is InChI=1S/C19H14F3NO2/c1-13(24)15-9-7-14(8-10-15)4-3-11-23-18(25)16-5-2-6-17(12-16)19(20,21)22/h2,5-10,12H,11H2,1H3,(H,23,25). The fraction of sp³-hybridized carbons (Fsp3) is 0.158. The Labute approximate surface area is 142 Å². The van der Waals surface area contributed by atoms with E-state index in [2.05, 4.69) is 17.2 Å². The number of hydrogen-bond donors (Lipinski definition) is 1. The van der Waals surface area contributed by atoms with Gasteiger partial charge in [0, 0.05) is 16.7 Å². The van der Waals surface area contributed by atoms with E-state index in [1.165, 1.54) is 19.1 Å². The van der Waals surface area contributed by atoms with Crippen LogP contribution in [0.3, 0.4) is 0 Å². The average Bonchev–Trinajstić information content (AvgIpc) is 2.58. The molecule has 0 unspecified atom stereocenters. The van der Waals surface area contributed by atoms with Gasteiger partial charge in [0.15, 0.2) is 5.78 Å². The van der Waals surface area contributed by atoms with Gasteiger partial charge in [-0.3, -0.25) is 9.59 Å². The van der Waals surface area contributed by atoms with E-state index >= 15 is 0 Å². The van der Waals surface area contributed by atoms with Gasteiger partial charge in [0.25, 0.3) is 5.91 Å². The minimum Gasteiger partial charge on any atom is -0.341 e. The van der Waals surface area contributed by atoms with E-state index in [0.29, 0.717) is 11.1 Å². The van der Waals surface area contributed by atoms with Crippen LogP contribution in [0, 0.1) is 11.8 Å². The van der Waals surface area contributed by atoms with Crippen LogP contribution in [-0.2, 0) is 6.18 Å². The number of nitrogens with one attached hydrogen (secondary N) is 1. The summed E-state index contributed by atoms with van der Waals surface area (Å²) in [5.74, 6) is 4.82. The number of carbonyl (C=O) groups excluding carboxylic acids is 2. The molecule has 0 heterocycles. The van der Waals surface area contributed by atoms with Crippen LogP contribution in [0.1, 0.15) is 38.8 Å². The fourth-order valence-corrected chi connectivity index (χ4v) is 2.00. The van der Waals surface area contributed by atoms with Crippen LogP contribution in [0.25, 0.3) is 0 Å². The Morgan fingerprint density at radius 2 is 1.72 bits per heavy atom. The number of rotatable bonds is 3. The Kier molecular flexibility index (Phi) is 5.60. The van der Waals surface area contributed by atoms with Crippen molar-refractivity contribution in [1.29, 1.82) is 0 Å². The van der Waals surface area contributed by atoms with Gasteiger partial charge in [-0.2, -0.15) is 13.2 Å². The molecule has 25 heavy (non-hydrogen) atoms. The minimum absolute atomic E-state index is 0.0104. The highest BCUT2D eigenvalue weighted by molar-refractivity contribution is 5.94. The van der Waals surface area contributed by atoms with Gasteiger partial charge in [0.1, 0.15) is 0 Å². The Hall–Kier alpha value is -3.07. The highest BCUT2D eigenvalue weighted by atomic mass is 19.4. The van der Waals surface area contributed by atoms with Crippen LogP contribution in [0.2, 0.25) is 0 Å². The lowest BCUT2D eigenvalue weighted by molar-refractivity contribution is -0.137. The Bertz CT molecular complexity index is 843. The molecule has 0 radical (unpaired) electrons. The molecule has 128 valence electrons. The molecule has 6 heteroatoms. The number of halogens is 3. The van der Waals surface area contributed by atoms with E-state index in [9.17, 15) is 22.8 Å². The summed E-state index contributed by atoms with van der Waals surface area (Å²) >= 11 is 0. The monoisotopic (exact) mass is 345 g/mol. The second-order valence-corrected chi connectivity index (χ2v) is 5.20. The molecule has 0 atom stereocenters. The molecule has 2 aromatic carbocycles. The molecule has 0 fully saturated rings. The molecular weight excluding hydrogens is 331 g/mol. The number of amides is 1. The van der Waals surface area contributed by atoms with Gasteiger partial charge in [0.05, 0.1) is 12.1 Å². The predicted octanol–water partition coefficient (Wildman–Crippen LogP) is 3.69. The number of alkyl halides is 3. The lowest BCUT2D eigenvalue weighted by Crippen LogP contribution is -2.24. The van der Waals surface area contributed by atoms with Crippen molar-refractivity contribution in [1.82, 2.24) is 5.32 Å². The summed E-state index contributed by atoms with van der Waals surface area (Å²) in [4.78, 5) is 23.0. The molecular formula is C19H14F3NO2. The third kappa shape index (κ3) is 5.21. The molecule has 2 aromatic rings. The summed E-state index contributed by atoms with van der Waals surface area (Å²) < 4.78 is 37.9. The van der Waals surface area contributed by atoms with Gasteiger partial charge in [-0.25, -0.2) is 0 Å². The van der Waals surface area contributed by atoms with Gasteiger partial charge >= 0.3 is 6.18 Å². The van der Waals surface area contributed by atoms with Crippen molar-refractivity contribution in [3.8, 4) is 11.8 Å². The van der Waals surface area contributed by atoms with Crippen molar-refractivity contribution in [2.75, 3.05) is 6.54 Å². The Morgan fingerprint density at radius 3 is 2.32 bits per heavy atom. The molecule has 0 aliphatic carbocycles. The molecule has 0 spiro atoms. The van der Waals surface area contributed by atoms with Crippen LogP contribution in [0.15, 0.2) is 48.5 Å². The summed E-state index contributed by atoms with van der Waals surface area (Å²) in [5, 5.41) is 2.44. The van der Waals surface area contributed by atoms with Gasteiger partial charge in [-0.1, -0.05) is 30.0 Å². The van der Waals surface area contributed by atoms with Crippen LogP contribution in [-0.4, -0.2) is 18.2 Å². The molecule has 3 nitrogen and oxygen atoms in total. The van der Waals surface area contributed by atoms with E-state index in [1.807, 2.05) is 0 Å². The maximum Gasteiger partial charge on any atom is 0.416 e. The van der Waals surface area contributed by atoms with Gasteiger partial charge in [-0.15, -0.1) is 0 Å². The number of carbonyl (C=O) groups is 2. The van der Waals surface area contributed by atoms with E-state index in [1.54, 1.807) is 24.3 Å². The quantitative estimate of drug-likeness (QED) is 0.681.